The van der Waals surface area contributed by atoms with Gasteiger partial charge >= 0.3 is 5.97 Å². The van der Waals surface area contributed by atoms with E-state index in [1.165, 1.54) is 6.07 Å². The van der Waals surface area contributed by atoms with Gasteiger partial charge in [0.1, 0.15) is 5.76 Å². The number of rotatable bonds is 3. The molecular formula is C11H11IN2O3. The Morgan fingerprint density at radius 3 is 2.71 bits per heavy atom. The highest BCUT2D eigenvalue weighted by atomic mass is 127. The van der Waals surface area contributed by atoms with Crippen molar-refractivity contribution in [2.45, 2.75) is 20.4 Å². The molecule has 90 valence electrons. The summed E-state index contributed by atoms with van der Waals surface area (Å²) in [6.07, 6.45) is 0. The van der Waals surface area contributed by atoms with Crippen LogP contribution < -0.4 is 0 Å². The maximum atomic E-state index is 10.7. The number of carbonyl (C=O) groups is 1. The van der Waals surface area contributed by atoms with Crippen LogP contribution in [0.2, 0.25) is 0 Å². The summed E-state index contributed by atoms with van der Waals surface area (Å²) in [5.74, 6) is -0.514. The first-order valence-electron chi connectivity index (χ1n) is 5.00. The highest BCUT2D eigenvalue weighted by Gasteiger charge is 2.12. The third-order valence-corrected chi connectivity index (χ3v) is 4.03. The Kier molecular flexibility index (Phi) is 3.23. The molecule has 2 aromatic heterocycles. The first-order chi connectivity index (χ1) is 7.99. The van der Waals surface area contributed by atoms with Crippen molar-refractivity contribution in [3.8, 4) is 0 Å². The summed E-state index contributed by atoms with van der Waals surface area (Å²) in [6, 6.07) is 3.11. The predicted octanol–water partition coefficient (Wildman–Crippen LogP) is 2.44. The Labute approximate surface area is 112 Å². The monoisotopic (exact) mass is 346 g/mol. The summed E-state index contributed by atoms with van der Waals surface area (Å²) in [5.41, 5.74) is 2.02. The standard InChI is InChI=1S/C11H11IN2O3/c1-6-10(12)7(2)14(13-6)5-8-3-4-9(17-8)11(15)16/h3-4H,5H2,1-2H3,(H,15,16). The second kappa shape index (κ2) is 4.52. The van der Waals surface area contributed by atoms with Gasteiger partial charge < -0.3 is 9.52 Å². The Morgan fingerprint density at radius 2 is 2.24 bits per heavy atom. The molecule has 2 heterocycles. The van der Waals surface area contributed by atoms with Crippen molar-refractivity contribution in [3.63, 3.8) is 0 Å². The molecule has 2 aromatic rings. The minimum absolute atomic E-state index is 0.0452. The lowest BCUT2D eigenvalue weighted by Crippen LogP contribution is -2.03. The van der Waals surface area contributed by atoms with Crippen LogP contribution in [0.3, 0.4) is 0 Å². The van der Waals surface area contributed by atoms with Crippen LogP contribution in [0, 0.1) is 17.4 Å². The molecule has 0 saturated carbocycles. The van der Waals surface area contributed by atoms with Crippen LogP contribution in [0.1, 0.15) is 27.7 Å². The van der Waals surface area contributed by atoms with E-state index in [1.54, 1.807) is 6.07 Å². The number of furan rings is 1. The summed E-state index contributed by atoms with van der Waals surface area (Å²) in [6.45, 7) is 4.36. The van der Waals surface area contributed by atoms with Crippen LogP contribution in [-0.2, 0) is 6.54 Å². The van der Waals surface area contributed by atoms with Crippen LogP contribution in [0.25, 0.3) is 0 Å². The maximum Gasteiger partial charge on any atom is 0.371 e. The molecule has 17 heavy (non-hydrogen) atoms. The van der Waals surface area contributed by atoms with Gasteiger partial charge in [0.15, 0.2) is 0 Å². The molecule has 0 aliphatic heterocycles. The third kappa shape index (κ3) is 2.36. The van der Waals surface area contributed by atoms with Crippen molar-refractivity contribution in [2.75, 3.05) is 0 Å². The number of nitrogens with zero attached hydrogens (tertiary/aromatic N) is 2. The fourth-order valence-electron chi connectivity index (χ4n) is 1.55. The minimum atomic E-state index is -1.06. The number of aryl methyl sites for hydroxylation is 1. The zero-order valence-corrected chi connectivity index (χ0v) is 11.6. The summed E-state index contributed by atoms with van der Waals surface area (Å²) >= 11 is 2.24. The molecule has 6 heteroatoms. The average Bonchev–Trinajstić information content (AvgIpc) is 2.82. The molecule has 1 N–H and O–H groups in total. The van der Waals surface area contributed by atoms with E-state index in [9.17, 15) is 4.79 Å². The SMILES string of the molecule is Cc1nn(Cc2ccc(C(=O)O)o2)c(C)c1I. The Balaban J connectivity index is 2.25. The Bertz CT molecular complexity index is 571. The molecule has 0 atom stereocenters. The van der Waals surface area contributed by atoms with Gasteiger partial charge in [-0.2, -0.15) is 5.10 Å². The molecule has 0 aromatic carbocycles. The van der Waals surface area contributed by atoms with Gasteiger partial charge in [-0.1, -0.05) is 0 Å². The van der Waals surface area contributed by atoms with Gasteiger partial charge in [-0.3, -0.25) is 4.68 Å². The van der Waals surface area contributed by atoms with Gasteiger partial charge in [-0.05, 0) is 48.6 Å². The second-order valence-electron chi connectivity index (χ2n) is 3.71. The molecule has 2 rings (SSSR count). The van der Waals surface area contributed by atoms with E-state index in [4.69, 9.17) is 9.52 Å². The van der Waals surface area contributed by atoms with E-state index < -0.39 is 5.97 Å². The van der Waals surface area contributed by atoms with E-state index >= 15 is 0 Å². The average molecular weight is 346 g/mol. The molecular weight excluding hydrogens is 335 g/mol. The number of hydrogen-bond acceptors (Lipinski definition) is 3. The molecule has 0 saturated heterocycles. The lowest BCUT2D eigenvalue weighted by atomic mass is 10.4. The van der Waals surface area contributed by atoms with Gasteiger partial charge in [0, 0.05) is 5.69 Å². The minimum Gasteiger partial charge on any atom is -0.475 e. The van der Waals surface area contributed by atoms with Crippen molar-refractivity contribution >= 4 is 28.6 Å². The molecule has 0 aliphatic rings. The number of aromatic carboxylic acids is 1. The molecule has 0 fully saturated rings. The van der Waals surface area contributed by atoms with Crippen molar-refractivity contribution < 1.29 is 14.3 Å². The van der Waals surface area contributed by atoms with Crippen molar-refractivity contribution in [1.82, 2.24) is 9.78 Å². The molecule has 0 bridgehead atoms. The Hall–Kier alpha value is -1.31. The number of aromatic nitrogens is 2. The van der Waals surface area contributed by atoms with Crippen LogP contribution >= 0.6 is 22.6 Å². The number of halogens is 1. The van der Waals surface area contributed by atoms with E-state index in [0.29, 0.717) is 12.3 Å². The second-order valence-corrected chi connectivity index (χ2v) is 4.79. The van der Waals surface area contributed by atoms with Gasteiger partial charge in [-0.15, -0.1) is 0 Å². The highest BCUT2D eigenvalue weighted by molar-refractivity contribution is 14.1. The third-order valence-electron chi connectivity index (χ3n) is 2.47. The van der Waals surface area contributed by atoms with Crippen molar-refractivity contribution in [1.29, 1.82) is 0 Å². The lowest BCUT2D eigenvalue weighted by Gasteiger charge is -2.01. The van der Waals surface area contributed by atoms with Gasteiger partial charge in [0.25, 0.3) is 0 Å². The first-order valence-corrected chi connectivity index (χ1v) is 6.08. The molecule has 0 aliphatic carbocycles. The van der Waals surface area contributed by atoms with E-state index in [1.807, 2.05) is 18.5 Å². The molecule has 0 spiro atoms. The Morgan fingerprint density at radius 1 is 1.53 bits per heavy atom. The molecule has 0 unspecified atom stereocenters. The molecule has 0 amide bonds. The summed E-state index contributed by atoms with van der Waals surface area (Å²) < 4.78 is 8.12. The zero-order chi connectivity index (χ0) is 12.6. The van der Waals surface area contributed by atoms with Crippen molar-refractivity contribution in [3.05, 3.63) is 38.6 Å². The zero-order valence-electron chi connectivity index (χ0n) is 9.40. The topological polar surface area (TPSA) is 68.3 Å². The number of carboxylic acid groups (broad SMARTS) is 1. The summed E-state index contributed by atoms with van der Waals surface area (Å²) in [7, 11) is 0. The van der Waals surface area contributed by atoms with Crippen LogP contribution in [0.4, 0.5) is 0 Å². The quantitative estimate of drug-likeness (QED) is 0.867. The van der Waals surface area contributed by atoms with Gasteiger partial charge in [0.2, 0.25) is 5.76 Å². The first kappa shape index (κ1) is 12.2. The van der Waals surface area contributed by atoms with Crippen molar-refractivity contribution in [2.24, 2.45) is 0 Å². The lowest BCUT2D eigenvalue weighted by molar-refractivity contribution is 0.0660. The van der Waals surface area contributed by atoms with E-state index in [-0.39, 0.29) is 5.76 Å². The van der Waals surface area contributed by atoms with Gasteiger partial charge in [-0.25, -0.2) is 4.79 Å². The molecule has 0 radical (unpaired) electrons. The van der Waals surface area contributed by atoms with Crippen LogP contribution in [0.15, 0.2) is 16.5 Å². The maximum absolute atomic E-state index is 10.7. The fraction of sp³-hybridized carbons (Fsp3) is 0.273. The van der Waals surface area contributed by atoms with E-state index in [2.05, 4.69) is 27.7 Å². The largest absolute Gasteiger partial charge is 0.475 e. The fourth-order valence-corrected chi connectivity index (χ4v) is 1.94. The van der Waals surface area contributed by atoms with E-state index in [0.717, 1.165) is 15.0 Å². The van der Waals surface area contributed by atoms with Crippen LogP contribution in [0.5, 0.6) is 0 Å². The smallest absolute Gasteiger partial charge is 0.371 e. The highest BCUT2D eigenvalue weighted by Crippen LogP contribution is 2.17. The summed E-state index contributed by atoms with van der Waals surface area (Å²) in [4.78, 5) is 10.7. The molecule has 5 nitrogen and oxygen atoms in total. The summed E-state index contributed by atoms with van der Waals surface area (Å²) in [5, 5.41) is 13.1. The van der Waals surface area contributed by atoms with Gasteiger partial charge in [0.05, 0.1) is 15.8 Å². The number of hydrogen-bond donors (Lipinski definition) is 1. The normalized spacial score (nSPS) is 10.8. The predicted molar refractivity (Wildman–Crippen MR) is 69.2 cm³/mol. The number of carboxylic acids is 1. The van der Waals surface area contributed by atoms with Crippen LogP contribution in [-0.4, -0.2) is 20.9 Å².